The minimum Gasteiger partial charge on any atom is -0.459 e. The third-order valence-electron chi connectivity index (χ3n) is 3.01. The average molecular weight is 310 g/mol. The van der Waals surface area contributed by atoms with E-state index in [0.717, 1.165) is 0 Å². The van der Waals surface area contributed by atoms with Gasteiger partial charge in [0.05, 0.1) is 12.1 Å². The molecule has 0 aliphatic rings. The number of nitrogens with zero attached hydrogens (tertiary/aromatic N) is 4. The van der Waals surface area contributed by atoms with E-state index in [2.05, 4.69) is 20.1 Å². The second-order valence-electron chi connectivity index (χ2n) is 4.71. The van der Waals surface area contributed by atoms with Crippen LogP contribution in [0.1, 0.15) is 18.0 Å². The number of pyridine rings is 2. The molecule has 0 atom stereocenters. The van der Waals surface area contributed by atoms with Gasteiger partial charge in [-0.15, -0.1) is 0 Å². The summed E-state index contributed by atoms with van der Waals surface area (Å²) in [6.45, 7) is 0.155. The summed E-state index contributed by atoms with van der Waals surface area (Å²) >= 11 is 0. The third kappa shape index (κ3) is 4.19. The van der Waals surface area contributed by atoms with E-state index < -0.39 is 0 Å². The van der Waals surface area contributed by atoms with Crippen LogP contribution in [0.25, 0.3) is 11.5 Å². The van der Waals surface area contributed by atoms with E-state index in [9.17, 15) is 4.79 Å². The molecular weight excluding hydrogens is 296 g/mol. The summed E-state index contributed by atoms with van der Waals surface area (Å²) in [5.41, 5.74) is 1.33. The monoisotopic (exact) mass is 310 g/mol. The molecule has 3 aromatic rings. The van der Waals surface area contributed by atoms with Gasteiger partial charge in [0.1, 0.15) is 12.3 Å². The summed E-state index contributed by atoms with van der Waals surface area (Å²) in [6.07, 6.45) is 3.79. The summed E-state index contributed by atoms with van der Waals surface area (Å²) in [4.78, 5) is 24.1. The fourth-order valence-corrected chi connectivity index (χ4v) is 1.87. The highest BCUT2D eigenvalue weighted by Gasteiger charge is 2.12. The number of hydrogen-bond donors (Lipinski definition) is 0. The number of esters is 1. The van der Waals surface area contributed by atoms with E-state index in [4.69, 9.17) is 9.26 Å². The van der Waals surface area contributed by atoms with Crippen LogP contribution >= 0.6 is 0 Å². The Morgan fingerprint density at radius 1 is 1.09 bits per heavy atom. The second kappa shape index (κ2) is 7.26. The fourth-order valence-electron chi connectivity index (χ4n) is 1.87. The highest BCUT2D eigenvalue weighted by Crippen LogP contribution is 2.12. The average Bonchev–Trinajstić information content (AvgIpc) is 3.09. The molecule has 0 saturated heterocycles. The van der Waals surface area contributed by atoms with Gasteiger partial charge in [0.15, 0.2) is 0 Å². The van der Waals surface area contributed by atoms with Gasteiger partial charge in [-0.2, -0.15) is 4.98 Å². The number of aromatic nitrogens is 4. The molecule has 3 heterocycles. The van der Waals surface area contributed by atoms with Crippen molar-refractivity contribution in [1.29, 1.82) is 0 Å². The first-order valence-corrected chi connectivity index (χ1v) is 7.11. The van der Waals surface area contributed by atoms with Crippen molar-refractivity contribution in [2.45, 2.75) is 19.4 Å². The number of aryl methyl sites for hydroxylation is 1. The molecule has 3 aromatic heterocycles. The highest BCUT2D eigenvalue weighted by atomic mass is 16.5. The largest absolute Gasteiger partial charge is 0.459 e. The lowest BCUT2D eigenvalue weighted by atomic mass is 10.3. The van der Waals surface area contributed by atoms with Crippen molar-refractivity contribution in [2.24, 2.45) is 0 Å². The molecule has 0 radical (unpaired) electrons. The minimum atomic E-state index is -0.340. The Balaban J connectivity index is 1.49. The van der Waals surface area contributed by atoms with E-state index in [1.165, 1.54) is 0 Å². The smallest absolute Gasteiger partial charge is 0.306 e. The normalized spacial score (nSPS) is 10.4. The summed E-state index contributed by atoms with van der Waals surface area (Å²) in [5.74, 6) is 0.441. The van der Waals surface area contributed by atoms with E-state index in [-0.39, 0.29) is 19.0 Å². The summed E-state index contributed by atoms with van der Waals surface area (Å²) in [7, 11) is 0. The second-order valence-corrected chi connectivity index (χ2v) is 4.71. The molecule has 0 aliphatic carbocycles. The predicted molar refractivity (Wildman–Crippen MR) is 79.9 cm³/mol. The van der Waals surface area contributed by atoms with Crippen molar-refractivity contribution in [3.8, 4) is 11.5 Å². The number of rotatable bonds is 6. The molecule has 0 aliphatic heterocycles. The van der Waals surface area contributed by atoms with Crippen LogP contribution in [0.2, 0.25) is 0 Å². The molecule has 0 spiro atoms. The van der Waals surface area contributed by atoms with Gasteiger partial charge in [0.2, 0.25) is 11.7 Å². The van der Waals surface area contributed by atoms with Crippen LogP contribution in [0.4, 0.5) is 0 Å². The summed E-state index contributed by atoms with van der Waals surface area (Å²) in [6, 6.07) is 10.9. The first kappa shape index (κ1) is 14.8. The van der Waals surface area contributed by atoms with Crippen LogP contribution in [-0.4, -0.2) is 26.1 Å². The standard InChI is InChI=1S/C16H14N4O3/c21-15(22-11-12-5-1-3-9-17-12)8-7-14-19-16(20-23-14)13-6-2-4-10-18-13/h1-6,9-10H,7-8,11H2. The zero-order chi connectivity index (χ0) is 15.9. The Labute approximate surface area is 132 Å². The lowest BCUT2D eigenvalue weighted by molar-refractivity contribution is -0.145. The Morgan fingerprint density at radius 2 is 1.91 bits per heavy atom. The Kier molecular flexibility index (Phi) is 4.68. The number of ether oxygens (including phenoxy) is 1. The number of carbonyl (C=O) groups excluding carboxylic acids is 1. The molecule has 0 unspecified atom stereocenters. The molecule has 0 aromatic carbocycles. The van der Waals surface area contributed by atoms with Crippen molar-refractivity contribution in [2.75, 3.05) is 0 Å². The molecule has 0 bridgehead atoms. The lowest BCUT2D eigenvalue weighted by Gasteiger charge is -2.02. The molecule has 0 N–H and O–H groups in total. The van der Waals surface area contributed by atoms with Gasteiger partial charge in [-0.3, -0.25) is 14.8 Å². The predicted octanol–water partition coefficient (Wildman–Crippen LogP) is 2.20. The topological polar surface area (TPSA) is 91.0 Å². The maximum atomic E-state index is 11.7. The maximum Gasteiger partial charge on any atom is 0.306 e. The van der Waals surface area contributed by atoms with Crippen molar-refractivity contribution in [1.82, 2.24) is 20.1 Å². The zero-order valence-electron chi connectivity index (χ0n) is 12.3. The van der Waals surface area contributed by atoms with Gasteiger partial charge in [-0.25, -0.2) is 0 Å². The van der Waals surface area contributed by atoms with Crippen LogP contribution in [-0.2, 0) is 22.6 Å². The van der Waals surface area contributed by atoms with Gasteiger partial charge in [-0.1, -0.05) is 17.3 Å². The van der Waals surface area contributed by atoms with E-state index >= 15 is 0 Å². The third-order valence-corrected chi connectivity index (χ3v) is 3.01. The highest BCUT2D eigenvalue weighted by molar-refractivity contribution is 5.69. The molecule has 116 valence electrons. The quantitative estimate of drug-likeness (QED) is 0.644. The maximum absolute atomic E-state index is 11.7. The van der Waals surface area contributed by atoms with Gasteiger partial charge in [0.25, 0.3) is 0 Å². The SMILES string of the molecule is O=C(CCc1nc(-c2ccccn2)no1)OCc1ccccn1. The van der Waals surface area contributed by atoms with Gasteiger partial charge in [0, 0.05) is 18.8 Å². The molecule has 7 heteroatoms. The van der Waals surface area contributed by atoms with Gasteiger partial charge in [-0.05, 0) is 24.3 Å². The number of carbonyl (C=O) groups is 1. The van der Waals surface area contributed by atoms with Gasteiger partial charge < -0.3 is 9.26 Å². The minimum absolute atomic E-state index is 0.155. The molecule has 23 heavy (non-hydrogen) atoms. The Hall–Kier alpha value is -3.09. The lowest BCUT2D eigenvalue weighted by Crippen LogP contribution is -2.06. The van der Waals surface area contributed by atoms with Crippen LogP contribution in [0.15, 0.2) is 53.3 Å². The van der Waals surface area contributed by atoms with Gasteiger partial charge >= 0.3 is 5.97 Å². The molecule has 0 fully saturated rings. The number of hydrogen-bond acceptors (Lipinski definition) is 7. The molecule has 3 rings (SSSR count). The molecule has 7 nitrogen and oxygen atoms in total. The van der Waals surface area contributed by atoms with Crippen molar-refractivity contribution < 1.29 is 14.1 Å². The van der Waals surface area contributed by atoms with E-state index in [1.807, 2.05) is 18.2 Å². The molecular formula is C16H14N4O3. The Bertz CT molecular complexity index is 759. The van der Waals surface area contributed by atoms with Crippen molar-refractivity contribution in [3.63, 3.8) is 0 Å². The van der Waals surface area contributed by atoms with Crippen molar-refractivity contribution in [3.05, 3.63) is 60.4 Å². The fraction of sp³-hybridized carbons (Fsp3) is 0.188. The van der Waals surface area contributed by atoms with Crippen LogP contribution < -0.4 is 0 Å². The Morgan fingerprint density at radius 3 is 2.65 bits per heavy atom. The first-order chi connectivity index (χ1) is 11.3. The summed E-state index contributed by atoms with van der Waals surface area (Å²) in [5, 5.41) is 3.85. The van der Waals surface area contributed by atoms with E-state index in [1.54, 1.807) is 30.6 Å². The van der Waals surface area contributed by atoms with Crippen LogP contribution in [0.5, 0.6) is 0 Å². The van der Waals surface area contributed by atoms with Crippen LogP contribution in [0, 0.1) is 0 Å². The molecule has 0 amide bonds. The zero-order valence-corrected chi connectivity index (χ0v) is 12.3. The first-order valence-electron chi connectivity index (χ1n) is 7.11. The summed E-state index contributed by atoms with van der Waals surface area (Å²) < 4.78 is 10.2. The van der Waals surface area contributed by atoms with E-state index in [0.29, 0.717) is 29.5 Å². The van der Waals surface area contributed by atoms with Crippen molar-refractivity contribution >= 4 is 5.97 Å². The molecule has 0 saturated carbocycles. The van der Waals surface area contributed by atoms with Crippen LogP contribution in [0.3, 0.4) is 0 Å².